The second-order valence-corrected chi connectivity index (χ2v) is 8.67. The Bertz CT molecular complexity index is 506. The van der Waals surface area contributed by atoms with Crippen LogP contribution >= 0.6 is 0 Å². The minimum Gasteiger partial charge on any atom is -0.0768 e. The molecular formula is C18H24Si. The summed E-state index contributed by atoms with van der Waals surface area (Å²) in [7, 11) is -0.295. The number of rotatable bonds is 3. The number of allylic oxidation sites excluding steroid dienone is 4. The van der Waals surface area contributed by atoms with Crippen molar-refractivity contribution in [2.24, 2.45) is 5.92 Å². The standard InChI is InChI=1S/C18H24Si/c1-14-12-13-18(15(14)2,16-8-6-7-9-16)19-17-10-4-3-5-11-17/h3-5,10-13,16H,6-9,19H2,1-2H3. The maximum absolute atomic E-state index is 2.58. The molecule has 0 amide bonds. The van der Waals surface area contributed by atoms with Crippen LogP contribution < -0.4 is 5.19 Å². The Morgan fingerprint density at radius 1 is 1.05 bits per heavy atom. The largest absolute Gasteiger partial charge is 0.0768 e. The van der Waals surface area contributed by atoms with Gasteiger partial charge in [0.2, 0.25) is 0 Å². The third-order valence-corrected chi connectivity index (χ3v) is 8.15. The van der Waals surface area contributed by atoms with E-state index >= 15 is 0 Å². The fourth-order valence-corrected chi connectivity index (χ4v) is 6.70. The van der Waals surface area contributed by atoms with E-state index in [9.17, 15) is 0 Å². The highest BCUT2D eigenvalue weighted by Crippen LogP contribution is 2.54. The minimum absolute atomic E-state index is 0.295. The molecule has 1 atom stereocenters. The van der Waals surface area contributed by atoms with Crippen LogP contribution in [-0.4, -0.2) is 9.52 Å². The molecule has 3 rings (SSSR count). The number of hydrogen-bond donors (Lipinski definition) is 0. The molecule has 1 heteroatoms. The van der Waals surface area contributed by atoms with Gasteiger partial charge in [-0.15, -0.1) is 0 Å². The van der Waals surface area contributed by atoms with Crippen molar-refractivity contribution >= 4 is 14.7 Å². The van der Waals surface area contributed by atoms with Gasteiger partial charge in [0, 0.05) is 5.04 Å². The fraction of sp³-hybridized carbons (Fsp3) is 0.444. The molecule has 1 saturated carbocycles. The van der Waals surface area contributed by atoms with E-state index in [1.165, 1.54) is 31.3 Å². The molecule has 0 aliphatic heterocycles. The van der Waals surface area contributed by atoms with Crippen LogP contribution in [0.15, 0.2) is 53.6 Å². The summed E-state index contributed by atoms with van der Waals surface area (Å²) in [4.78, 5) is 0. The van der Waals surface area contributed by atoms with E-state index in [1.807, 2.05) is 0 Å². The fourth-order valence-electron chi connectivity index (χ4n) is 4.04. The van der Waals surface area contributed by atoms with Crippen molar-refractivity contribution in [2.75, 3.05) is 0 Å². The minimum atomic E-state index is -0.295. The maximum atomic E-state index is 2.58. The molecule has 1 fully saturated rings. The normalized spacial score (nSPS) is 28.1. The highest BCUT2D eigenvalue weighted by Gasteiger charge is 2.42. The van der Waals surface area contributed by atoms with E-state index in [2.05, 4.69) is 56.3 Å². The first-order chi connectivity index (χ1) is 9.22. The van der Waals surface area contributed by atoms with Crippen LogP contribution in [0, 0.1) is 5.92 Å². The van der Waals surface area contributed by atoms with Crippen LogP contribution in [0.2, 0.25) is 5.04 Å². The molecule has 0 N–H and O–H groups in total. The quantitative estimate of drug-likeness (QED) is 0.733. The van der Waals surface area contributed by atoms with Gasteiger partial charge in [0.1, 0.15) is 0 Å². The molecular weight excluding hydrogens is 244 g/mol. The van der Waals surface area contributed by atoms with Gasteiger partial charge < -0.3 is 0 Å². The van der Waals surface area contributed by atoms with Gasteiger partial charge in [0.25, 0.3) is 0 Å². The Labute approximate surface area is 119 Å². The molecule has 1 aromatic carbocycles. The summed E-state index contributed by atoms with van der Waals surface area (Å²) in [5.74, 6) is 0.910. The monoisotopic (exact) mass is 268 g/mol. The average Bonchev–Trinajstić information content (AvgIpc) is 3.05. The first-order valence-corrected chi connectivity index (χ1v) is 9.05. The zero-order valence-electron chi connectivity index (χ0n) is 12.2. The van der Waals surface area contributed by atoms with Crippen molar-refractivity contribution in [1.29, 1.82) is 0 Å². The van der Waals surface area contributed by atoms with E-state index in [0.29, 0.717) is 5.04 Å². The lowest BCUT2D eigenvalue weighted by Gasteiger charge is -2.36. The van der Waals surface area contributed by atoms with Crippen LogP contribution in [-0.2, 0) is 0 Å². The first-order valence-electron chi connectivity index (χ1n) is 7.63. The van der Waals surface area contributed by atoms with Gasteiger partial charge >= 0.3 is 0 Å². The predicted octanol–water partition coefficient (Wildman–Crippen LogP) is 3.74. The van der Waals surface area contributed by atoms with Crippen molar-refractivity contribution in [2.45, 2.75) is 44.6 Å². The van der Waals surface area contributed by atoms with E-state index in [-0.39, 0.29) is 9.52 Å². The molecule has 2 aliphatic rings. The molecule has 1 aromatic rings. The molecule has 0 bridgehead atoms. The SMILES string of the molecule is CC1=C(C)C([SiH2]c2ccccc2)(C2CCCC2)C=C1. The Balaban J connectivity index is 1.96. The molecule has 1 unspecified atom stereocenters. The topological polar surface area (TPSA) is 0 Å². The van der Waals surface area contributed by atoms with Crippen LogP contribution in [0.4, 0.5) is 0 Å². The number of hydrogen-bond acceptors (Lipinski definition) is 0. The van der Waals surface area contributed by atoms with Crippen molar-refractivity contribution in [3.8, 4) is 0 Å². The highest BCUT2D eigenvalue weighted by molar-refractivity contribution is 6.58. The lowest BCUT2D eigenvalue weighted by Crippen LogP contribution is -2.34. The van der Waals surface area contributed by atoms with Gasteiger partial charge in [-0.3, -0.25) is 0 Å². The third kappa shape index (κ3) is 2.25. The van der Waals surface area contributed by atoms with Crippen molar-refractivity contribution in [3.05, 3.63) is 53.6 Å². The smallest absolute Gasteiger partial charge is 0.0709 e. The zero-order valence-corrected chi connectivity index (χ0v) is 13.6. The van der Waals surface area contributed by atoms with E-state index < -0.39 is 0 Å². The molecule has 19 heavy (non-hydrogen) atoms. The van der Waals surface area contributed by atoms with Crippen LogP contribution in [0.3, 0.4) is 0 Å². The predicted molar refractivity (Wildman–Crippen MR) is 86.8 cm³/mol. The number of benzene rings is 1. The van der Waals surface area contributed by atoms with Crippen LogP contribution in [0.1, 0.15) is 39.5 Å². The average molecular weight is 268 g/mol. The van der Waals surface area contributed by atoms with E-state index in [1.54, 1.807) is 10.8 Å². The lowest BCUT2D eigenvalue weighted by atomic mass is 9.85. The van der Waals surface area contributed by atoms with Gasteiger partial charge in [-0.1, -0.05) is 71.7 Å². The molecule has 0 spiro atoms. The molecule has 2 aliphatic carbocycles. The summed E-state index contributed by atoms with van der Waals surface area (Å²) >= 11 is 0. The van der Waals surface area contributed by atoms with Gasteiger partial charge in [-0.2, -0.15) is 0 Å². The lowest BCUT2D eigenvalue weighted by molar-refractivity contribution is 0.470. The highest BCUT2D eigenvalue weighted by atomic mass is 28.2. The summed E-state index contributed by atoms with van der Waals surface area (Å²) in [5.41, 5.74) is 3.20. The van der Waals surface area contributed by atoms with Gasteiger partial charge in [0.05, 0.1) is 9.52 Å². The van der Waals surface area contributed by atoms with Gasteiger partial charge in [-0.05, 0) is 32.6 Å². The van der Waals surface area contributed by atoms with Crippen molar-refractivity contribution in [1.82, 2.24) is 0 Å². The Morgan fingerprint density at radius 2 is 1.74 bits per heavy atom. The third-order valence-electron chi connectivity index (χ3n) is 5.34. The maximum Gasteiger partial charge on any atom is 0.0709 e. The molecule has 0 heterocycles. The van der Waals surface area contributed by atoms with E-state index in [0.717, 1.165) is 5.92 Å². The molecule has 0 aromatic heterocycles. The Kier molecular flexibility index (Phi) is 3.49. The second-order valence-electron chi connectivity index (χ2n) is 6.33. The van der Waals surface area contributed by atoms with Crippen molar-refractivity contribution in [3.63, 3.8) is 0 Å². The van der Waals surface area contributed by atoms with Crippen LogP contribution in [0.5, 0.6) is 0 Å². The van der Waals surface area contributed by atoms with Crippen molar-refractivity contribution < 1.29 is 0 Å². The molecule has 0 radical (unpaired) electrons. The Morgan fingerprint density at radius 3 is 2.32 bits per heavy atom. The van der Waals surface area contributed by atoms with E-state index in [4.69, 9.17) is 0 Å². The zero-order chi connectivity index (χ0) is 13.3. The summed E-state index contributed by atoms with van der Waals surface area (Å²) in [6, 6.07) is 11.2. The van der Waals surface area contributed by atoms with Crippen LogP contribution in [0.25, 0.3) is 0 Å². The summed E-state index contributed by atoms with van der Waals surface area (Å²) in [6.45, 7) is 4.69. The molecule has 0 nitrogen and oxygen atoms in total. The summed E-state index contributed by atoms with van der Waals surface area (Å²) in [6.07, 6.45) is 10.7. The summed E-state index contributed by atoms with van der Waals surface area (Å²) in [5, 5.41) is 2.06. The first kappa shape index (κ1) is 12.9. The Hall–Kier alpha value is -1.08. The molecule has 100 valence electrons. The van der Waals surface area contributed by atoms with Gasteiger partial charge in [0.15, 0.2) is 0 Å². The molecule has 0 saturated heterocycles. The summed E-state index contributed by atoms with van der Waals surface area (Å²) < 4.78 is 0. The van der Waals surface area contributed by atoms with Gasteiger partial charge in [-0.25, -0.2) is 0 Å². The second kappa shape index (κ2) is 5.13.